The molecule has 5 nitrogen and oxygen atoms in total. The van der Waals surface area contributed by atoms with Gasteiger partial charge in [-0.25, -0.2) is 14.4 Å². The lowest BCUT2D eigenvalue weighted by Gasteiger charge is -2.38. The summed E-state index contributed by atoms with van der Waals surface area (Å²) in [5.41, 5.74) is 3.05. The molecule has 0 saturated carbocycles. The number of carbonyl (C=O) groups is 1. The smallest absolute Gasteiger partial charge is 0.230 e. The maximum absolute atomic E-state index is 14.2. The van der Waals surface area contributed by atoms with Gasteiger partial charge in [-0.15, -0.1) is 24.8 Å². The summed E-state index contributed by atoms with van der Waals surface area (Å²) < 4.78 is 14.2. The summed E-state index contributed by atoms with van der Waals surface area (Å²) in [4.78, 5) is 26.9. The Kier molecular flexibility index (Phi) is 9.59. The molecule has 188 valence electrons. The monoisotopic (exact) mass is 530 g/mol. The number of rotatable bonds is 4. The molecule has 34 heavy (non-hydrogen) atoms. The van der Waals surface area contributed by atoms with Crippen molar-refractivity contribution in [3.8, 4) is 0 Å². The number of hydrogen-bond acceptors (Lipinski definition) is 4. The number of aromatic nitrogens is 2. The summed E-state index contributed by atoms with van der Waals surface area (Å²) in [6.45, 7) is 11.3. The SMILES string of the molecule is C[C@@H]1CCc2ncnc(N3CCN(C(=O)C(CC(C)(C)C)c4ccc(Cl)c(F)c4)CC3)c21.Cl.Cl. The largest absolute Gasteiger partial charge is 0.353 e. The number of carbonyl (C=O) groups excluding carboxylic acids is 1. The van der Waals surface area contributed by atoms with E-state index in [1.165, 1.54) is 11.6 Å². The summed E-state index contributed by atoms with van der Waals surface area (Å²) >= 11 is 5.89. The molecule has 1 unspecified atom stereocenters. The van der Waals surface area contributed by atoms with Crippen molar-refractivity contribution in [2.75, 3.05) is 31.1 Å². The van der Waals surface area contributed by atoms with E-state index < -0.39 is 11.7 Å². The van der Waals surface area contributed by atoms with Crippen molar-refractivity contribution in [2.45, 2.75) is 58.8 Å². The summed E-state index contributed by atoms with van der Waals surface area (Å²) in [5, 5.41) is 0.0796. The predicted molar refractivity (Wildman–Crippen MR) is 140 cm³/mol. The summed E-state index contributed by atoms with van der Waals surface area (Å²) in [7, 11) is 0. The van der Waals surface area contributed by atoms with Crippen molar-refractivity contribution in [3.05, 3.63) is 52.2 Å². The Morgan fingerprint density at radius 3 is 2.47 bits per heavy atom. The maximum Gasteiger partial charge on any atom is 0.230 e. The first-order chi connectivity index (χ1) is 15.1. The molecule has 0 N–H and O–H groups in total. The van der Waals surface area contributed by atoms with Gasteiger partial charge in [-0.05, 0) is 48.3 Å². The normalized spacial score (nSPS) is 18.6. The summed E-state index contributed by atoms with van der Waals surface area (Å²) in [6.07, 6.45) is 4.43. The van der Waals surface area contributed by atoms with Gasteiger partial charge in [-0.2, -0.15) is 0 Å². The molecule has 1 aliphatic heterocycles. The van der Waals surface area contributed by atoms with Crippen LogP contribution in [0, 0.1) is 11.2 Å². The van der Waals surface area contributed by atoms with Crippen LogP contribution < -0.4 is 4.90 Å². The summed E-state index contributed by atoms with van der Waals surface area (Å²) in [6, 6.07) is 4.74. The number of hydrogen-bond donors (Lipinski definition) is 0. The molecule has 1 aliphatic carbocycles. The molecule has 1 aromatic heterocycles. The van der Waals surface area contributed by atoms with Gasteiger partial charge in [0.1, 0.15) is 18.0 Å². The zero-order valence-electron chi connectivity index (χ0n) is 20.2. The zero-order valence-corrected chi connectivity index (χ0v) is 22.6. The van der Waals surface area contributed by atoms with E-state index in [1.54, 1.807) is 18.5 Å². The maximum atomic E-state index is 14.2. The van der Waals surface area contributed by atoms with Crippen LogP contribution in [0.5, 0.6) is 0 Å². The molecule has 1 fully saturated rings. The van der Waals surface area contributed by atoms with E-state index in [1.807, 2.05) is 4.90 Å². The first kappa shape index (κ1) is 28.6. The number of amides is 1. The van der Waals surface area contributed by atoms with Crippen LogP contribution in [0.3, 0.4) is 0 Å². The number of anilines is 1. The van der Waals surface area contributed by atoms with Crippen molar-refractivity contribution in [1.29, 1.82) is 0 Å². The second-order valence-corrected chi connectivity index (χ2v) is 10.7. The van der Waals surface area contributed by atoms with Crippen molar-refractivity contribution in [1.82, 2.24) is 14.9 Å². The van der Waals surface area contributed by atoms with Crippen LogP contribution >= 0.6 is 36.4 Å². The Bertz CT molecular complexity index is 1010. The van der Waals surface area contributed by atoms with Crippen molar-refractivity contribution >= 4 is 48.1 Å². The number of halogens is 4. The molecule has 0 spiro atoms. The highest BCUT2D eigenvalue weighted by Crippen LogP contribution is 2.38. The topological polar surface area (TPSA) is 49.3 Å². The molecule has 2 aromatic rings. The van der Waals surface area contributed by atoms with Crippen LogP contribution in [-0.4, -0.2) is 47.0 Å². The van der Waals surface area contributed by atoms with Gasteiger partial charge < -0.3 is 9.80 Å². The van der Waals surface area contributed by atoms with Crippen molar-refractivity contribution < 1.29 is 9.18 Å². The number of nitrogens with zero attached hydrogens (tertiary/aromatic N) is 4. The predicted octanol–water partition coefficient (Wildman–Crippen LogP) is 6.03. The standard InChI is InChI=1S/C25H32ClFN4O.2ClH/c1-16-5-8-21-22(16)23(29-15-28-21)30-9-11-31(12-10-30)24(32)18(14-25(2,3)4)17-6-7-19(26)20(27)13-17;;/h6-7,13,15-16,18H,5,8-12,14H2,1-4H3;2*1H/t16-,18?;;/m1../s1. The third-order valence-corrected chi connectivity index (χ3v) is 6.91. The molecule has 1 amide bonds. The van der Waals surface area contributed by atoms with Crippen molar-refractivity contribution in [3.63, 3.8) is 0 Å². The van der Waals surface area contributed by atoms with Crippen LogP contribution in [0.2, 0.25) is 5.02 Å². The van der Waals surface area contributed by atoms with E-state index in [4.69, 9.17) is 11.6 Å². The van der Waals surface area contributed by atoms with Crippen LogP contribution in [0.1, 0.15) is 69.2 Å². The molecule has 9 heteroatoms. The molecular weight excluding hydrogens is 498 g/mol. The van der Waals surface area contributed by atoms with Crippen LogP contribution in [0.15, 0.2) is 24.5 Å². The van der Waals surface area contributed by atoms with Gasteiger partial charge in [0.05, 0.1) is 10.9 Å². The highest BCUT2D eigenvalue weighted by atomic mass is 35.5. The number of benzene rings is 1. The second-order valence-electron chi connectivity index (χ2n) is 10.3. The minimum Gasteiger partial charge on any atom is -0.353 e. The summed E-state index contributed by atoms with van der Waals surface area (Å²) in [5.74, 6) is 0.682. The molecule has 1 aromatic carbocycles. The second kappa shape index (κ2) is 11.4. The van der Waals surface area contributed by atoms with E-state index in [9.17, 15) is 9.18 Å². The molecule has 4 rings (SSSR count). The van der Waals surface area contributed by atoms with Crippen molar-refractivity contribution in [2.24, 2.45) is 5.41 Å². The van der Waals surface area contributed by atoms with E-state index in [2.05, 4.69) is 42.6 Å². The number of piperazine rings is 1. The lowest BCUT2D eigenvalue weighted by atomic mass is 9.80. The van der Waals surface area contributed by atoms with Crippen LogP contribution in [0.25, 0.3) is 0 Å². The van der Waals surface area contributed by atoms with Gasteiger partial charge >= 0.3 is 0 Å². The van der Waals surface area contributed by atoms with E-state index in [-0.39, 0.29) is 41.2 Å². The lowest BCUT2D eigenvalue weighted by Crippen LogP contribution is -2.50. The first-order valence-electron chi connectivity index (χ1n) is 11.5. The third-order valence-electron chi connectivity index (χ3n) is 6.60. The fraction of sp³-hybridized carbons (Fsp3) is 0.560. The van der Waals surface area contributed by atoms with Gasteiger partial charge in [-0.3, -0.25) is 4.79 Å². The third kappa shape index (κ3) is 6.13. The Labute approximate surface area is 219 Å². The van der Waals surface area contributed by atoms with E-state index in [0.717, 1.165) is 37.4 Å². The Morgan fingerprint density at radius 2 is 1.85 bits per heavy atom. The fourth-order valence-electron chi connectivity index (χ4n) is 4.92. The van der Waals surface area contributed by atoms with E-state index in [0.29, 0.717) is 31.0 Å². The average molecular weight is 532 g/mol. The van der Waals surface area contributed by atoms with Crippen LogP contribution in [0.4, 0.5) is 10.2 Å². The molecule has 0 bridgehead atoms. The zero-order chi connectivity index (χ0) is 23.0. The fourth-order valence-corrected chi connectivity index (χ4v) is 5.04. The number of aryl methyl sites for hydroxylation is 1. The molecule has 1 saturated heterocycles. The number of fused-ring (bicyclic) bond motifs is 1. The van der Waals surface area contributed by atoms with Crippen LogP contribution in [-0.2, 0) is 11.2 Å². The molecule has 2 heterocycles. The highest BCUT2D eigenvalue weighted by molar-refractivity contribution is 6.30. The quantitative estimate of drug-likeness (QED) is 0.483. The van der Waals surface area contributed by atoms with Gasteiger partial charge in [0.15, 0.2) is 0 Å². The van der Waals surface area contributed by atoms with Gasteiger partial charge in [-0.1, -0.05) is 45.4 Å². The highest BCUT2D eigenvalue weighted by Gasteiger charge is 2.34. The molecule has 2 aliphatic rings. The minimum absolute atomic E-state index is 0. The average Bonchev–Trinajstić information content (AvgIpc) is 3.14. The van der Waals surface area contributed by atoms with E-state index >= 15 is 0 Å². The van der Waals surface area contributed by atoms with Gasteiger partial charge in [0.25, 0.3) is 0 Å². The Morgan fingerprint density at radius 1 is 1.18 bits per heavy atom. The lowest BCUT2D eigenvalue weighted by molar-refractivity contribution is -0.133. The Balaban J connectivity index is 0.00000204. The molecular formula is C25H34Cl3FN4O. The van der Waals surface area contributed by atoms with Gasteiger partial charge in [0, 0.05) is 37.4 Å². The minimum atomic E-state index is -0.479. The Hall–Kier alpha value is -1.63. The molecule has 2 atom stereocenters. The molecule has 0 radical (unpaired) electrons. The van der Waals surface area contributed by atoms with Gasteiger partial charge in [0.2, 0.25) is 5.91 Å². The first-order valence-corrected chi connectivity index (χ1v) is 11.8.